The predicted molar refractivity (Wildman–Crippen MR) is 89.6 cm³/mol. The average Bonchev–Trinajstić information content (AvgIpc) is 3.21. The SMILES string of the molecule is O=C(Nc1ccnnc1)C1CC(=O)N(c2ccc3c(c2)CCC3)C1. The van der Waals surface area contributed by atoms with E-state index in [2.05, 4.69) is 27.6 Å². The fraction of sp³-hybridized carbons (Fsp3) is 0.333. The molecule has 1 aromatic heterocycles. The molecule has 122 valence electrons. The lowest BCUT2D eigenvalue weighted by molar-refractivity contribution is -0.122. The molecule has 0 spiro atoms. The number of rotatable bonds is 3. The number of anilines is 2. The lowest BCUT2D eigenvalue weighted by Crippen LogP contribution is -2.28. The Balaban J connectivity index is 1.48. The minimum Gasteiger partial charge on any atom is -0.324 e. The summed E-state index contributed by atoms with van der Waals surface area (Å²) in [5, 5.41) is 10.2. The minimum absolute atomic E-state index is 0.000880. The number of hydrogen-bond acceptors (Lipinski definition) is 4. The van der Waals surface area contributed by atoms with E-state index in [0.29, 0.717) is 12.2 Å². The van der Waals surface area contributed by atoms with Crippen molar-refractivity contribution in [2.45, 2.75) is 25.7 Å². The maximum Gasteiger partial charge on any atom is 0.229 e. The zero-order chi connectivity index (χ0) is 16.5. The summed E-state index contributed by atoms with van der Waals surface area (Å²) in [6, 6.07) is 7.89. The number of nitrogens with zero attached hydrogens (tertiary/aromatic N) is 3. The van der Waals surface area contributed by atoms with Crippen LogP contribution in [0.15, 0.2) is 36.7 Å². The number of benzene rings is 1. The van der Waals surface area contributed by atoms with E-state index < -0.39 is 0 Å². The minimum atomic E-state index is -0.348. The van der Waals surface area contributed by atoms with E-state index in [0.717, 1.165) is 18.5 Å². The molecule has 1 atom stereocenters. The average molecular weight is 322 g/mol. The molecular formula is C18H18N4O2. The second-order valence-electron chi connectivity index (χ2n) is 6.33. The number of hydrogen-bond donors (Lipinski definition) is 1. The lowest BCUT2D eigenvalue weighted by atomic mass is 10.1. The molecule has 1 unspecified atom stereocenters. The molecule has 0 saturated carbocycles. The maximum atomic E-state index is 12.4. The predicted octanol–water partition coefficient (Wildman–Crippen LogP) is 1.96. The number of carbonyl (C=O) groups excluding carboxylic acids is 2. The Bertz CT molecular complexity index is 791. The van der Waals surface area contributed by atoms with Gasteiger partial charge >= 0.3 is 0 Å². The monoisotopic (exact) mass is 322 g/mol. The van der Waals surface area contributed by atoms with Crippen LogP contribution in [0.3, 0.4) is 0 Å². The van der Waals surface area contributed by atoms with Crippen LogP contribution in [-0.2, 0) is 22.4 Å². The van der Waals surface area contributed by atoms with Gasteiger partial charge in [0.1, 0.15) is 0 Å². The smallest absolute Gasteiger partial charge is 0.229 e. The molecule has 2 heterocycles. The molecule has 2 aromatic rings. The maximum absolute atomic E-state index is 12.4. The van der Waals surface area contributed by atoms with E-state index >= 15 is 0 Å². The number of carbonyl (C=O) groups is 2. The fourth-order valence-electron chi connectivity index (χ4n) is 3.47. The Labute approximate surface area is 139 Å². The van der Waals surface area contributed by atoms with Crippen LogP contribution in [0.1, 0.15) is 24.0 Å². The summed E-state index contributed by atoms with van der Waals surface area (Å²) in [6.07, 6.45) is 6.62. The van der Waals surface area contributed by atoms with Crippen LogP contribution in [-0.4, -0.2) is 28.6 Å². The molecule has 4 rings (SSSR count). The van der Waals surface area contributed by atoms with E-state index in [1.54, 1.807) is 11.0 Å². The molecule has 6 heteroatoms. The van der Waals surface area contributed by atoms with E-state index in [1.165, 1.54) is 29.9 Å². The van der Waals surface area contributed by atoms with Crippen LogP contribution in [0.2, 0.25) is 0 Å². The molecule has 6 nitrogen and oxygen atoms in total. The van der Waals surface area contributed by atoms with Crippen molar-refractivity contribution in [2.75, 3.05) is 16.8 Å². The Kier molecular flexibility index (Phi) is 3.72. The summed E-state index contributed by atoms with van der Waals surface area (Å²) in [5.74, 6) is -0.500. The van der Waals surface area contributed by atoms with Gasteiger partial charge in [-0.1, -0.05) is 6.07 Å². The molecule has 2 aliphatic rings. The van der Waals surface area contributed by atoms with Crippen molar-refractivity contribution in [3.8, 4) is 0 Å². The summed E-state index contributed by atoms with van der Waals surface area (Å²) < 4.78 is 0. The van der Waals surface area contributed by atoms with Gasteiger partial charge in [-0.2, -0.15) is 10.2 Å². The molecule has 1 aromatic carbocycles. The van der Waals surface area contributed by atoms with Gasteiger partial charge in [-0.15, -0.1) is 0 Å². The lowest BCUT2D eigenvalue weighted by Gasteiger charge is -2.18. The third-order valence-electron chi connectivity index (χ3n) is 4.74. The molecule has 0 radical (unpaired) electrons. The second kappa shape index (κ2) is 6.03. The van der Waals surface area contributed by atoms with Crippen molar-refractivity contribution in [3.05, 3.63) is 47.8 Å². The first-order valence-corrected chi connectivity index (χ1v) is 8.20. The highest BCUT2D eigenvalue weighted by molar-refractivity contribution is 6.03. The molecule has 0 bridgehead atoms. The van der Waals surface area contributed by atoms with E-state index in [9.17, 15) is 9.59 Å². The van der Waals surface area contributed by atoms with Crippen molar-refractivity contribution in [3.63, 3.8) is 0 Å². The fourth-order valence-corrected chi connectivity index (χ4v) is 3.47. The van der Waals surface area contributed by atoms with Crippen LogP contribution in [0.5, 0.6) is 0 Å². The topological polar surface area (TPSA) is 75.2 Å². The first-order valence-electron chi connectivity index (χ1n) is 8.20. The quantitative estimate of drug-likeness (QED) is 0.937. The molecule has 1 fully saturated rings. The summed E-state index contributed by atoms with van der Waals surface area (Å²) in [6.45, 7) is 0.419. The Morgan fingerprint density at radius 3 is 2.88 bits per heavy atom. The Morgan fingerprint density at radius 1 is 1.17 bits per heavy atom. The molecule has 1 N–H and O–H groups in total. The molecular weight excluding hydrogens is 304 g/mol. The first-order chi connectivity index (χ1) is 11.7. The molecule has 1 aliphatic carbocycles. The molecule has 1 aliphatic heterocycles. The van der Waals surface area contributed by atoms with Crippen molar-refractivity contribution in [1.29, 1.82) is 0 Å². The second-order valence-corrected chi connectivity index (χ2v) is 6.33. The van der Waals surface area contributed by atoms with Gasteiger partial charge in [0.15, 0.2) is 0 Å². The van der Waals surface area contributed by atoms with Gasteiger partial charge in [-0.3, -0.25) is 9.59 Å². The van der Waals surface area contributed by atoms with Crippen molar-refractivity contribution in [2.24, 2.45) is 5.92 Å². The number of nitrogens with one attached hydrogen (secondary N) is 1. The van der Waals surface area contributed by atoms with E-state index in [1.807, 2.05) is 6.07 Å². The Morgan fingerprint density at radius 2 is 2.04 bits per heavy atom. The number of aryl methyl sites for hydroxylation is 2. The van der Waals surface area contributed by atoms with Gasteiger partial charge in [0, 0.05) is 18.7 Å². The number of aromatic nitrogens is 2. The van der Waals surface area contributed by atoms with Crippen LogP contribution >= 0.6 is 0 Å². The van der Waals surface area contributed by atoms with Crippen LogP contribution in [0.25, 0.3) is 0 Å². The summed E-state index contributed by atoms with van der Waals surface area (Å²) in [4.78, 5) is 26.5. The first kappa shape index (κ1) is 14.8. The molecule has 2 amide bonds. The zero-order valence-electron chi connectivity index (χ0n) is 13.2. The van der Waals surface area contributed by atoms with Crippen molar-refractivity contribution >= 4 is 23.2 Å². The van der Waals surface area contributed by atoms with Gasteiger partial charge in [-0.05, 0) is 48.6 Å². The third-order valence-corrected chi connectivity index (χ3v) is 4.74. The van der Waals surface area contributed by atoms with Crippen molar-refractivity contribution in [1.82, 2.24) is 10.2 Å². The van der Waals surface area contributed by atoms with Gasteiger partial charge in [0.25, 0.3) is 0 Å². The zero-order valence-corrected chi connectivity index (χ0v) is 13.2. The van der Waals surface area contributed by atoms with Crippen molar-refractivity contribution < 1.29 is 9.59 Å². The van der Waals surface area contributed by atoms with Gasteiger partial charge in [0.2, 0.25) is 11.8 Å². The van der Waals surface area contributed by atoms with Gasteiger partial charge < -0.3 is 10.2 Å². The summed E-state index contributed by atoms with van der Waals surface area (Å²) in [7, 11) is 0. The molecule has 24 heavy (non-hydrogen) atoms. The van der Waals surface area contributed by atoms with E-state index in [-0.39, 0.29) is 24.2 Å². The number of amides is 2. The Hall–Kier alpha value is -2.76. The summed E-state index contributed by atoms with van der Waals surface area (Å²) >= 11 is 0. The van der Waals surface area contributed by atoms with Crippen LogP contribution in [0, 0.1) is 5.92 Å². The molecule has 1 saturated heterocycles. The van der Waals surface area contributed by atoms with Crippen LogP contribution in [0.4, 0.5) is 11.4 Å². The largest absolute Gasteiger partial charge is 0.324 e. The summed E-state index contributed by atoms with van der Waals surface area (Å²) in [5.41, 5.74) is 4.21. The number of fused-ring (bicyclic) bond motifs is 1. The highest BCUT2D eigenvalue weighted by Crippen LogP contribution is 2.30. The van der Waals surface area contributed by atoms with Gasteiger partial charge in [-0.25, -0.2) is 0 Å². The standard InChI is InChI=1S/C18H18N4O2/c23-17-9-14(18(24)21-15-6-7-19-20-10-15)11-22(17)16-5-4-12-2-1-3-13(12)8-16/h4-8,10,14H,1-3,9,11H2,(H,19,21,24). The third kappa shape index (κ3) is 2.75. The van der Waals surface area contributed by atoms with E-state index in [4.69, 9.17) is 0 Å². The normalized spacial score (nSPS) is 19.4. The van der Waals surface area contributed by atoms with Gasteiger partial charge in [0.05, 0.1) is 24.0 Å². The van der Waals surface area contributed by atoms with Crippen LogP contribution < -0.4 is 10.2 Å². The highest BCUT2D eigenvalue weighted by atomic mass is 16.2. The highest BCUT2D eigenvalue weighted by Gasteiger charge is 2.35.